The first-order chi connectivity index (χ1) is 14.2. The summed E-state index contributed by atoms with van der Waals surface area (Å²) in [5.41, 5.74) is 8.64. The Kier molecular flexibility index (Phi) is 5.14. The average molecular weight is 394 g/mol. The molecule has 5 rings (SSSR count). The molecule has 29 heavy (non-hydrogen) atoms. The van der Waals surface area contributed by atoms with Crippen LogP contribution >= 0.6 is 0 Å². The number of nitrogens with two attached hydrogens (primary N) is 1. The molecule has 2 bridgehead atoms. The first-order valence-corrected chi connectivity index (χ1v) is 11.0. The molecule has 0 spiro atoms. The molecule has 2 aromatic rings. The lowest BCUT2D eigenvalue weighted by molar-refractivity contribution is -0.140. The van der Waals surface area contributed by atoms with Crippen molar-refractivity contribution in [2.45, 2.75) is 50.2 Å². The molecule has 154 valence electrons. The molecule has 6 nitrogen and oxygen atoms in total. The van der Waals surface area contributed by atoms with E-state index in [2.05, 4.69) is 50.1 Å². The molecule has 0 saturated carbocycles. The summed E-state index contributed by atoms with van der Waals surface area (Å²) >= 11 is 0. The summed E-state index contributed by atoms with van der Waals surface area (Å²) in [6, 6.07) is 11.6. The van der Waals surface area contributed by atoms with Gasteiger partial charge < -0.3 is 15.6 Å². The highest BCUT2D eigenvalue weighted by atomic mass is 16.2. The van der Waals surface area contributed by atoms with E-state index in [9.17, 15) is 4.79 Å². The highest BCUT2D eigenvalue weighted by Crippen LogP contribution is 2.44. The van der Waals surface area contributed by atoms with Crippen molar-refractivity contribution in [1.82, 2.24) is 19.8 Å². The highest BCUT2D eigenvalue weighted by Gasteiger charge is 2.46. The van der Waals surface area contributed by atoms with Gasteiger partial charge in [0.2, 0.25) is 5.91 Å². The fourth-order valence-corrected chi connectivity index (χ4v) is 5.98. The number of benzene rings is 1. The van der Waals surface area contributed by atoms with E-state index >= 15 is 0 Å². The van der Waals surface area contributed by atoms with Gasteiger partial charge in [0.05, 0.1) is 12.4 Å². The molecule has 0 unspecified atom stereocenters. The maximum absolute atomic E-state index is 13.1. The van der Waals surface area contributed by atoms with Crippen LogP contribution in [0.15, 0.2) is 42.9 Å². The molecule has 1 amide bonds. The molecule has 6 heteroatoms. The largest absolute Gasteiger partial charge is 0.348 e. The van der Waals surface area contributed by atoms with Crippen LogP contribution in [0.25, 0.3) is 0 Å². The summed E-state index contributed by atoms with van der Waals surface area (Å²) in [5, 5.41) is 0. The highest BCUT2D eigenvalue weighted by molar-refractivity contribution is 5.82. The number of aromatic amines is 1. The zero-order valence-electron chi connectivity index (χ0n) is 16.9. The number of carbonyl (C=O) groups is 1. The van der Waals surface area contributed by atoms with E-state index in [4.69, 9.17) is 5.73 Å². The molecule has 3 N–H and O–H groups in total. The van der Waals surface area contributed by atoms with Gasteiger partial charge in [-0.3, -0.25) is 9.69 Å². The molecule has 5 atom stereocenters. The zero-order valence-corrected chi connectivity index (χ0v) is 16.9. The summed E-state index contributed by atoms with van der Waals surface area (Å²) in [6.07, 6.45) is 8.94. The Morgan fingerprint density at radius 1 is 1.21 bits per heavy atom. The second-order valence-electron chi connectivity index (χ2n) is 9.11. The van der Waals surface area contributed by atoms with Crippen LogP contribution in [0, 0.1) is 11.8 Å². The Bertz CT molecular complexity index is 823. The number of imidazole rings is 1. The number of piperidine rings is 3. The fraction of sp³-hybridized carbons (Fsp3) is 0.565. The van der Waals surface area contributed by atoms with Crippen molar-refractivity contribution in [1.29, 1.82) is 0 Å². The van der Waals surface area contributed by atoms with Crippen LogP contribution in [0.5, 0.6) is 0 Å². The van der Waals surface area contributed by atoms with Crippen LogP contribution in [-0.2, 0) is 11.2 Å². The number of hydrogen-bond acceptors (Lipinski definition) is 4. The maximum atomic E-state index is 13.1. The number of nitrogens with zero attached hydrogens (tertiary/aromatic N) is 3. The summed E-state index contributed by atoms with van der Waals surface area (Å²) in [7, 11) is 0. The SMILES string of the molecule is N[C@@H](Cc1cnc[nH]1)C(=O)N1C[C@@H]2C[C@H](C1)[C@@H]1CCC[C@H](c3ccccc3)N1C2. The van der Waals surface area contributed by atoms with E-state index in [1.54, 1.807) is 12.5 Å². The number of likely N-dealkylation sites (tertiary alicyclic amines) is 1. The van der Waals surface area contributed by atoms with Gasteiger partial charge in [-0.05, 0) is 43.1 Å². The third kappa shape index (κ3) is 3.71. The molecular formula is C23H31N5O. The Labute approximate surface area is 172 Å². The quantitative estimate of drug-likeness (QED) is 0.836. The monoisotopic (exact) mass is 393 g/mol. The number of carbonyl (C=O) groups excluding carboxylic acids is 1. The zero-order chi connectivity index (χ0) is 19.8. The van der Waals surface area contributed by atoms with Gasteiger partial charge in [-0.15, -0.1) is 0 Å². The third-order valence-electron chi connectivity index (χ3n) is 7.19. The van der Waals surface area contributed by atoms with Gasteiger partial charge in [0.15, 0.2) is 0 Å². The lowest BCUT2D eigenvalue weighted by Crippen LogP contribution is -2.61. The molecule has 4 heterocycles. The Balaban J connectivity index is 1.29. The van der Waals surface area contributed by atoms with E-state index in [0.717, 1.165) is 25.3 Å². The molecule has 0 aliphatic carbocycles. The topological polar surface area (TPSA) is 78.2 Å². The van der Waals surface area contributed by atoms with Gasteiger partial charge in [-0.1, -0.05) is 30.3 Å². The molecule has 3 fully saturated rings. The van der Waals surface area contributed by atoms with Crippen molar-refractivity contribution in [3.63, 3.8) is 0 Å². The number of fused-ring (bicyclic) bond motifs is 4. The first kappa shape index (κ1) is 18.8. The average Bonchev–Trinajstić information content (AvgIpc) is 3.26. The van der Waals surface area contributed by atoms with E-state index in [1.807, 2.05) is 0 Å². The normalized spacial score (nSPS) is 30.6. The van der Waals surface area contributed by atoms with Gasteiger partial charge in [0.1, 0.15) is 0 Å². The standard InChI is InChI=1S/C23H31N5O/c24-20(10-19-11-25-15-26-19)23(29)27-12-16-9-18(14-27)22-8-4-7-21(28(22)13-16)17-5-2-1-3-6-17/h1-3,5-6,11,15-16,18,20-22H,4,7-10,12-14,24H2,(H,25,26)/t16-,18+,20-,21+,22-/m0/s1. The first-order valence-electron chi connectivity index (χ1n) is 11.0. The summed E-state index contributed by atoms with van der Waals surface area (Å²) in [6.45, 7) is 2.80. The van der Waals surface area contributed by atoms with Crippen molar-refractivity contribution >= 4 is 5.91 Å². The summed E-state index contributed by atoms with van der Waals surface area (Å²) < 4.78 is 0. The predicted octanol–water partition coefficient (Wildman–Crippen LogP) is 2.35. The van der Waals surface area contributed by atoms with Crippen LogP contribution in [0.4, 0.5) is 0 Å². The van der Waals surface area contributed by atoms with Crippen LogP contribution in [0.2, 0.25) is 0 Å². The van der Waals surface area contributed by atoms with E-state index in [1.165, 1.54) is 31.2 Å². The summed E-state index contributed by atoms with van der Waals surface area (Å²) in [4.78, 5) is 25.0. The Morgan fingerprint density at radius 3 is 2.86 bits per heavy atom. The molecule has 3 aliphatic heterocycles. The fourth-order valence-electron chi connectivity index (χ4n) is 5.98. The minimum atomic E-state index is -0.492. The minimum absolute atomic E-state index is 0.0955. The number of nitrogens with one attached hydrogen (secondary N) is 1. The number of rotatable bonds is 4. The Hall–Kier alpha value is -2.18. The van der Waals surface area contributed by atoms with E-state index in [-0.39, 0.29) is 5.91 Å². The molecule has 1 aromatic heterocycles. The van der Waals surface area contributed by atoms with E-state index < -0.39 is 6.04 Å². The van der Waals surface area contributed by atoms with Crippen molar-refractivity contribution in [2.24, 2.45) is 17.6 Å². The van der Waals surface area contributed by atoms with Gasteiger partial charge in [-0.2, -0.15) is 0 Å². The van der Waals surface area contributed by atoms with Crippen LogP contribution < -0.4 is 5.73 Å². The van der Waals surface area contributed by atoms with Crippen molar-refractivity contribution < 1.29 is 4.79 Å². The second kappa shape index (κ2) is 7.92. The van der Waals surface area contributed by atoms with Crippen molar-refractivity contribution in [2.75, 3.05) is 19.6 Å². The maximum Gasteiger partial charge on any atom is 0.239 e. The van der Waals surface area contributed by atoms with Crippen molar-refractivity contribution in [3.8, 4) is 0 Å². The van der Waals surface area contributed by atoms with E-state index in [0.29, 0.717) is 30.3 Å². The molecular weight excluding hydrogens is 362 g/mol. The number of aromatic nitrogens is 2. The number of H-pyrrole nitrogens is 1. The number of hydrogen-bond donors (Lipinski definition) is 2. The van der Waals surface area contributed by atoms with Crippen molar-refractivity contribution in [3.05, 3.63) is 54.1 Å². The predicted molar refractivity (Wildman–Crippen MR) is 112 cm³/mol. The van der Waals surface area contributed by atoms with Gasteiger partial charge in [-0.25, -0.2) is 4.98 Å². The van der Waals surface area contributed by atoms with Crippen LogP contribution in [-0.4, -0.2) is 57.4 Å². The van der Waals surface area contributed by atoms with Gasteiger partial charge in [0.25, 0.3) is 0 Å². The third-order valence-corrected chi connectivity index (χ3v) is 7.19. The van der Waals surface area contributed by atoms with Gasteiger partial charge in [0, 0.05) is 50.0 Å². The lowest BCUT2D eigenvalue weighted by Gasteiger charge is -2.55. The van der Waals surface area contributed by atoms with Crippen LogP contribution in [0.1, 0.15) is 43.0 Å². The van der Waals surface area contributed by atoms with Gasteiger partial charge >= 0.3 is 0 Å². The smallest absolute Gasteiger partial charge is 0.239 e. The lowest BCUT2D eigenvalue weighted by atomic mass is 9.73. The second-order valence-corrected chi connectivity index (χ2v) is 9.11. The number of amides is 1. The Morgan fingerprint density at radius 2 is 2.07 bits per heavy atom. The minimum Gasteiger partial charge on any atom is -0.348 e. The summed E-state index contributed by atoms with van der Waals surface area (Å²) in [5.74, 6) is 1.22. The molecule has 3 saturated heterocycles. The molecule has 0 radical (unpaired) electrons. The molecule has 1 aromatic carbocycles. The van der Waals surface area contributed by atoms with Crippen LogP contribution in [0.3, 0.4) is 0 Å². The molecule has 3 aliphatic rings.